The van der Waals surface area contributed by atoms with Gasteiger partial charge in [0.25, 0.3) is 0 Å². The highest BCUT2D eigenvalue weighted by Gasteiger charge is 2.08. The molecule has 0 spiro atoms. The molecule has 3 aromatic rings. The number of ether oxygens (including phenoxy) is 1. The summed E-state index contributed by atoms with van der Waals surface area (Å²) in [5.74, 6) is 0.967. The van der Waals surface area contributed by atoms with Gasteiger partial charge in [-0.3, -0.25) is 0 Å². The first-order valence-electron chi connectivity index (χ1n) is 7.23. The van der Waals surface area contributed by atoms with Gasteiger partial charge in [-0.25, -0.2) is 0 Å². The van der Waals surface area contributed by atoms with Crippen molar-refractivity contribution in [2.45, 2.75) is 12.8 Å². The second-order valence-electron chi connectivity index (χ2n) is 5.03. The summed E-state index contributed by atoms with van der Waals surface area (Å²) in [6.07, 6.45) is 1.79. The second kappa shape index (κ2) is 6.74. The molecule has 0 aliphatic carbocycles. The Hall–Kier alpha value is -1.84. The Morgan fingerprint density at radius 1 is 1.00 bits per heavy atom. The molecule has 0 amide bonds. The van der Waals surface area contributed by atoms with Gasteiger partial charge in [-0.2, -0.15) is 11.3 Å². The molecule has 0 unspecified atom stereocenters. The van der Waals surface area contributed by atoms with Crippen molar-refractivity contribution in [3.8, 4) is 5.75 Å². The van der Waals surface area contributed by atoms with Crippen molar-refractivity contribution in [3.05, 3.63) is 64.4 Å². The molecule has 3 rings (SSSR count). The van der Waals surface area contributed by atoms with Crippen LogP contribution in [0.4, 0.5) is 0 Å². The average Bonchev–Trinajstić information content (AvgIpc) is 3.03. The molecule has 0 aliphatic heterocycles. The lowest BCUT2D eigenvalue weighted by molar-refractivity contribution is 0.319. The largest absolute Gasteiger partial charge is 0.493 e. The number of hydrogen-bond donors (Lipinski definition) is 1. The topological polar surface area (TPSA) is 35.2 Å². The normalized spacial score (nSPS) is 10.9. The molecular weight excluding hydrogens is 278 g/mol. The first-order chi connectivity index (χ1) is 10.4. The van der Waals surface area contributed by atoms with Crippen molar-refractivity contribution in [3.63, 3.8) is 0 Å². The SMILES string of the molecule is NCCc1c(OCCc2ccsc2)ccc2ccccc12. The third-order valence-corrected chi connectivity index (χ3v) is 4.35. The fourth-order valence-corrected chi connectivity index (χ4v) is 3.27. The predicted octanol–water partition coefficient (Wildman–Crippen LogP) is 4.02. The van der Waals surface area contributed by atoms with Crippen LogP contribution in [0, 0.1) is 0 Å². The molecule has 0 aliphatic rings. The molecule has 0 radical (unpaired) electrons. The van der Waals surface area contributed by atoms with E-state index >= 15 is 0 Å². The van der Waals surface area contributed by atoms with E-state index in [-0.39, 0.29) is 0 Å². The molecule has 0 saturated heterocycles. The highest BCUT2D eigenvalue weighted by atomic mass is 32.1. The summed E-state index contributed by atoms with van der Waals surface area (Å²) in [7, 11) is 0. The zero-order valence-corrected chi connectivity index (χ0v) is 12.7. The summed E-state index contributed by atoms with van der Waals surface area (Å²) >= 11 is 1.73. The van der Waals surface area contributed by atoms with Gasteiger partial charge in [-0.05, 0) is 52.2 Å². The van der Waals surface area contributed by atoms with Crippen molar-refractivity contribution in [1.29, 1.82) is 0 Å². The predicted molar refractivity (Wildman–Crippen MR) is 90.2 cm³/mol. The molecule has 2 nitrogen and oxygen atoms in total. The Morgan fingerprint density at radius 3 is 2.71 bits per heavy atom. The van der Waals surface area contributed by atoms with E-state index in [0.717, 1.165) is 18.6 Å². The van der Waals surface area contributed by atoms with Gasteiger partial charge in [0.2, 0.25) is 0 Å². The van der Waals surface area contributed by atoms with Gasteiger partial charge in [0.05, 0.1) is 6.61 Å². The number of rotatable bonds is 6. The Labute approximate surface area is 129 Å². The minimum atomic E-state index is 0.634. The lowest BCUT2D eigenvalue weighted by Crippen LogP contribution is -2.07. The van der Waals surface area contributed by atoms with Gasteiger partial charge in [0.15, 0.2) is 0 Å². The quantitative estimate of drug-likeness (QED) is 0.745. The summed E-state index contributed by atoms with van der Waals surface area (Å²) in [6, 6.07) is 14.7. The second-order valence-corrected chi connectivity index (χ2v) is 5.81. The first kappa shape index (κ1) is 14.1. The maximum absolute atomic E-state index is 6.02. The van der Waals surface area contributed by atoms with Crippen LogP contribution >= 0.6 is 11.3 Å². The Bertz CT molecular complexity index is 706. The van der Waals surface area contributed by atoms with Crippen molar-refractivity contribution >= 4 is 22.1 Å². The Morgan fingerprint density at radius 2 is 1.90 bits per heavy atom. The summed E-state index contributed by atoms with van der Waals surface area (Å²) in [4.78, 5) is 0. The fraction of sp³-hybridized carbons (Fsp3) is 0.222. The van der Waals surface area contributed by atoms with Crippen molar-refractivity contribution in [1.82, 2.24) is 0 Å². The highest BCUT2D eigenvalue weighted by Crippen LogP contribution is 2.28. The molecule has 21 heavy (non-hydrogen) atoms. The maximum atomic E-state index is 6.02. The van der Waals surface area contributed by atoms with Crippen LogP contribution in [0.5, 0.6) is 5.75 Å². The molecule has 1 aromatic heterocycles. The van der Waals surface area contributed by atoms with E-state index in [1.54, 1.807) is 11.3 Å². The van der Waals surface area contributed by atoms with Gasteiger partial charge in [-0.1, -0.05) is 30.3 Å². The van der Waals surface area contributed by atoms with E-state index in [0.29, 0.717) is 13.2 Å². The summed E-state index contributed by atoms with van der Waals surface area (Å²) < 4.78 is 6.02. The molecule has 2 aromatic carbocycles. The molecule has 3 heteroatoms. The molecule has 0 bridgehead atoms. The van der Waals surface area contributed by atoms with Crippen molar-refractivity contribution in [2.24, 2.45) is 5.73 Å². The lowest BCUT2D eigenvalue weighted by atomic mass is 10.0. The van der Waals surface area contributed by atoms with Gasteiger partial charge in [-0.15, -0.1) is 0 Å². The zero-order chi connectivity index (χ0) is 14.5. The van der Waals surface area contributed by atoms with Gasteiger partial charge in [0.1, 0.15) is 5.75 Å². The molecule has 1 heterocycles. The molecule has 2 N–H and O–H groups in total. The lowest BCUT2D eigenvalue weighted by Gasteiger charge is -2.13. The summed E-state index contributed by atoms with van der Waals surface area (Å²) in [6.45, 7) is 1.33. The smallest absolute Gasteiger partial charge is 0.123 e. The van der Waals surface area contributed by atoms with Crippen LogP contribution in [-0.4, -0.2) is 13.2 Å². The third kappa shape index (κ3) is 3.26. The zero-order valence-electron chi connectivity index (χ0n) is 11.9. The van der Waals surface area contributed by atoms with Crippen molar-refractivity contribution in [2.75, 3.05) is 13.2 Å². The monoisotopic (exact) mass is 297 g/mol. The number of hydrogen-bond acceptors (Lipinski definition) is 3. The minimum Gasteiger partial charge on any atom is -0.493 e. The van der Waals surface area contributed by atoms with E-state index < -0.39 is 0 Å². The number of nitrogens with two attached hydrogens (primary N) is 1. The van der Waals surface area contributed by atoms with Crippen LogP contribution in [-0.2, 0) is 12.8 Å². The minimum absolute atomic E-state index is 0.634. The van der Waals surface area contributed by atoms with E-state index in [9.17, 15) is 0 Å². The van der Waals surface area contributed by atoms with Crippen LogP contribution in [0.15, 0.2) is 53.2 Å². The van der Waals surface area contributed by atoms with Crippen LogP contribution in [0.3, 0.4) is 0 Å². The number of fused-ring (bicyclic) bond motifs is 1. The highest BCUT2D eigenvalue weighted by molar-refractivity contribution is 7.07. The molecule has 0 fully saturated rings. The van der Waals surface area contributed by atoms with E-state index in [4.69, 9.17) is 10.5 Å². The van der Waals surface area contributed by atoms with Crippen LogP contribution in [0.2, 0.25) is 0 Å². The van der Waals surface area contributed by atoms with E-state index in [2.05, 4.69) is 53.2 Å². The van der Waals surface area contributed by atoms with E-state index in [1.165, 1.54) is 21.9 Å². The Balaban J connectivity index is 1.81. The third-order valence-electron chi connectivity index (χ3n) is 3.62. The van der Waals surface area contributed by atoms with E-state index in [1.807, 2.05) is 0 Å². The average molecular weight is 297 g/mol. The van der Waals surface area contributed by atoms with Gasteiger partial charge < -0.3 is 10.5 Å². The molecule has 108 valence electrons. The van der Waals surface area contributed by atoms with Crippen LogP contribution in [0.25, 0.3) is 10.8 Å². The van der Waals surface area contributed by atoms with Crippen LogP contribution in [0.1, 0.15) is 11.1 Å². The number of thiophene rings is 1. The molecular formula is C18H19NOS. The fourth-order valence-electron chi connectivity index (χ4n) is 2.57. The van der Waals surface area contributed by atoms with Gasteiger partial charge >= 0.3 is 0 Å². The Kier molecular flexibility index (Phi) is 4.53. The summed E-state index contributed by atoms with van der Waals surface area (Å²) in [5.41, 5.74) is 8.33. The summed E-state index contributed by atoms with van der Waals surface area (Å²) in [5, 5.41) is 6.76. The first-order valence-corrected chi connectivity index (χ1v) is 8.17. The van der Waals surface area contributed by atoms with Crippen LogP contribution < -0.4 is 10.5 Å². The number of benzene rings is 2. The molecule has 0 atom stereocenters. The standard InChI is InChI=1S/C18H19NOS/c19-10-7-17-16-4-2-1-3-15(16)5-6-18(17)20-11-8-14-9-12-21-13-14/h1-6,9,12-13H,7-8,10-11,19H2. The van der Waals surface area contributed by atoms with Gasteiger partial charge in [0, 0.05) is 12.0 Å². The maximum Gasteiger partial charge on any atom is 0.123 e. The van der Waals surface area contributed by atoms with Crippen molar-refractivity contribution < 1.29 is 4.74 Å². The molecule has 0 saturated carbocycles.